The van der Waals surface area contributed by atoms with E-state index in [1.54, 1.807) is 24.3 Å². The van der Waals surface area contributed by atoms with Crippen molar-refractivity contribution in [3.05, 3.63) is 35.4 Å². The fourth-order valence-corrected chi connectivity index (χ4v) is 3.15. The minimum atomic E-state index is -1.33. The van der Waals surface area contributed by atoms with Gasteiger partial charge in [-0.15, -0.1) is 12.4 Å². The molecule has 0 amide bonds. The number of methoxy groups -OCH3 is 1. The van der Waals surface area contributed by atoms with E-state index in [1.807, 2.05) is 0 Å². The molecule has 0 aliphatic heterocycles. The van der Waals surface area contributed by atoms with E-state index in [2.05, 4.69) is 0 Å². The third-order valence-electron chi connectivity index (χ3n) is 4.38. The maximum atomic E-state index is 11.2. The molecule has 0 radical (unpaired) electrons. The highest BCUT2D eigenvalue weighted by Gasteiger charge is 2.42. The molecule has 0 aromatic heterocycles. The summed E-state index contributed by atoms with van der Waals surface area (Å²) in [5.74, 6) is 0.119. The van der Waals surface area contributed by atoms with E-state index >= 15 is 0 Å². The van der Waals surface area contributed by atoms with Crippen LogP contribution in [0.15, 0.2) is 24.3 Å². The van der Waals surface area contributed by atoms with Crippen molar-refractivity contribution >= 4 is 18.7 Å². The van der Waals surface area contributed by atoms with Crippen molar-refractivity contribution in [2.24, 2.45) is 11.7 Å². The Morgan fingerprint density at radius 3 is 2.52 bits per heavy atom. The number of aldehydes is 1. The van der Waals surface area contributed by atoms with Crippen LogP contribution >= 0.6 is 12.4 Å². The molecule has 118 valence electrons. The minimum absolute atomic E-state index is 0. The lowest BCUT2D eigenvalue weighted by atomic mass is 9.78. The molecule has 1 fully saturated rings. The summed E-state index contributed by atoms with van der Waals surface area (Å²) in [6, 6.07) is 7.02. The number of aliphatic hydroxyl groups is 1. The van der Waals surface area contributed by atoms with E-state index in [1.165, 1.54) is 13.5 Å². The van der Waals surface area contributed by atoms with Gasteiger partial charge in [-0.25, -0.2) is 0 Å². The minimum Gasteiger partial charge on any atom is -0.388 e. The second-order valence-corrected chi connectivity index (χ2v) is 5.55. The molecule has 1 aliphatic carbocycles. The lowest BCUT2D eigenvalue weighted by molar-refractivity contribution is -0.132. The molecule has 2 rings (SSSR count). The van der Waals surface area contributed by atoms with Gasteiger partial charge in [-0.3, -0.25) is 10.5 Å². The molecule has 0 spiro atoms. The fourth-order valence-electron chi connectivity index (χ4n) is 3.15. The summed E-state index contributed by atoms with van der Waals surface area (Å²) in [7, 11) is 1.48. The van der Waals surface area contributed by atoms with Crippen LogP contribution in [0.1, 0.15) is 48.0 Å². The average Bonchev–Trinajstić information content (AvgIpc) is 2.54. The maximum Gasteiger partial charge on any atom is 0.169 e. The molecule has 4 nitrogen and oxygen atoms in total. The lowest BCUT2D eigenvalue weighted by Crippen LogP contribution is -2.53. The van der Waals surface area contributed by atoms with Crippen LogP contribution in [0.3, 0.4) is 0 Å². The van der Waals surface area contributed by atoms with E-state index < -0.39 is 11.8 Å². The van der Waals surface area contributed by atoms with E-state index in [0.29, 0.717) is 11.1 Å². The van der Waals surface area contributed by atoms with Crippen molar-refractivity contribution in [3.8, 4) is 0 Å². The second kappa shape index (κ2) is 7.90. The molecule has 21 heavy (non-hydrogen) atoms. The van der Waals surface area contributed by atoms with Gasteiger partial charge in [-0.1, -0.05) is 43.5 Å². The van der Waals surface area contributed by atoms with Gasteiger partial charge in [0, 0.05) is 18.2 Å². The Bertz CT molecular complexity index is 463. The van der Waals surface area contributed by atoms with Gasteiger partial charge in [-0.2, -0.15) is 0 Å². The zero-order chi connectivity index (χ0) is 14.6. The van der Waals surface area contributed by atoms with E-state index in [9.17, 15) is 9.90 Å². The van der Waals surface area contributed by atoms with E-state index in [4.69, 9.17) is 10.5 Å². The van der Waals surface area contributed by atoms with Crippen LogP contribution in [-0.4, -0.2) is 24.6 Å². The molecule has 1 aliphatic rings. The van der Waals surface area contributed by atoms with Crippen LogP contribution in [0.25, 0.3) is 0 Å². The Morgan fingerprint density at radius 2 is 1.95 bits per heavy atom. The number of halogens is 1. The number of ether oxygens (including phenoxy) is 1. The zero-order valence-corrected chi connectivity index (χ0v) is 13.1. The van der Waals surface area contributed by atoms with E-state index in [-0.39, 0.29) is 18.3 Å². The topological polar surface area (TPSA) is 72.5 Å². The number of nitrogens with two attached hydrogens (primary N) is 1. The van der Waals surface area contributed by atoms with Gasteiger partial charge in [0.05, 0.1) is 0 Å². The maximum absolute atomic E-state index is 11.2. The highest BCUT2D eigenvalue weighted by molar-refractivity contribution is 5.85. The Hall–Kier alpha value is -0.940. The Balaban J connectivity index is 0.00000220. The number of rotatable bonds is 5. The SMILES string of the molecule is CO[C@@](N)(c1ccccc1C=O)[C@@H](O)C1CCCCC1.Cl. The molecule has 1 aromatic rings. The molecule has 5 heteroatoms. The van der Waals surface area contributed by atoms with Gasteiger partial charge in [-0.05, 0) is 18.8 Å². The van der Waals surface area contributed by atoms with Crippen molar-refractivity contribution in [3.63, 3.8) is 0 Å². The normalized spacial score (nSPS) is 20.1. The summed E-state index contributed by atoms with van der Waals surface area (Å²) in [6.45, 7) is 0. The highest BCUT2D eigenvalue weighted by Crippen LogP contribution is 2.36. The van der Waals surface area contributed by atoms with Crippen molar-refractivity contribution in [1.29, 1.82) is 0 Å². The summed E-state index contributed by atoms with van der Waals surface area (Å²) in [5.41, 5.74) is 6.02. The zero-order valence-electron chi connectivity index (χ0n) is 12.3. The van der Waals surface area contributed by atoms with Crippen molar-refractivity contribution < 1.29 is 14.6 Å². The van der Waals surface area contributed by atoms with Gasteiger partial charge in [0.15, 0.2) is 5.72 Å². The number of carbonyl (C=O) groups excluding carboxylic acids is 1. The van der Waals surface area contributed by atoms with Crippen molar-refractivity contribution in [2.45, 2.75) is 43.9 Å². The molecular formula is C16H24ClNO3. The Labute approximate surface area is 132 Å². The Kier molecular flexibility index (Phi) is 6.81. The summed E-state index contributed by atoms with van der Waals surface area (Å²) >= 11 is 0. The number of aliphatic hydroxyl groups excluding tert-OH is 1. The second-order valence-electron chi connectivity index (χ2n) is 5.55. The smallest absolute Gasteiger partial charge is 0.169 e. The van der Waals surface area contributed by atoms with E-state index in [0.717, 1.165) is 32.0 Å². The lowest BCUT2D eigenvalue weighted by Gasteiger charge is -2.39. The van der Waals surface area contributed by atoms with Crippen molar-refractivity contribution in [1.82, 2.24) is 0 Å². The highest BCUT2D eigenvalue weighted by atomic mass is 35.5. The van der Waals surface area contributed by atoms with Gasteiger partial charge in [0.2, 0.25) is 0 Å². The average molecular weight is 314 g/mol. The summed E-state index contributed by atoms with van der Waals surface area (Å²) < 4.78 is 5.45. The van der Waals surface area contributed by atoms with Crippen LogP contribution in [-0.2, 0) is 10.5 Å². The third-order valence-corrected chi connectivity index (χ3v) is 4.38. The predicted molar refractivity (Wildman–Crippen MR) is 84.5 cm³/mol. The van der Waals surface area contributed by atoms with Gasteiger partial charge < -0.3 is 9.84 Å². The summed E-state index contributed by atoms with van der Waals surface area (Å²) in [6.07, 6.45) is 5.27. The molecule has 3 N–H and O–H groups in total. The largest absolute Gasteiger partial charge is 0.388 e. The molecule has 0 heterocycles. The molecule has 0 unspecified atom stereocenters. The first-order valence-electron chi connectivity index (χ1n) is 7.20. The fraction of sp³-hybridized carbons (Fsp3) is 0.562. The molecule has 0 bridgehead atoms. The van der Waals surface area contributed by atoms with Crippen LogP contribution in [0.2, 0.25) is 0 Å². The van der Waals surface area contributed by atoms with Crippen LogP contribution in [0.5, 0.6) is 0 Å². The monoisotopic (exact) mass is 313 g/mol. The number of carbonyl (C=O) groups is 1. The number of hydrogen-bond donors (Lipinski definition) is 2. The first-order chi connectivity index (χ1) is 9.63. The molecule has 1 aromatic carbocycles. The van der Waals surface area contributed by atoms with Crippen LogP contribution < -0.4 is 5.73 Å². The van der Waals surface area contributed by atoms with Crippen LogP contribution in [0, 0.1) is 5.92 Å². The molecular weight excluding hydrogens is 290 g/mol. The summed E-state index contributed by atoms with van der Waals surface area (Å²) in [4.78, 5) is 11.2. The molecule has 2 atom stereocenters. The van der Waals surface area contributed by atoms with Gasteiger partial charge in [0.25, 0.3) is 0 Å². The number of hydrogen-bond acceptors (Lipinski definition) is 4. The quantitative estimate of drug-likeness (QED) is 0.647. The molecule has 1 saturated carbocycles. The van der Waals surface area contributed by atoms with Crippen molar-refractivity contribution in [2.75, 3.05) is 7.11 Å². The van der Waals surface area contributed by atoms with Gasteiger partial charge in [0.1, 0.15) is 12.4 Å². The van der Waals surface area contributed by atoms with Gasteiger partial charge >= 0.3 is 0 Å². The predicted octanol–water partition coefficient (Wildman–Crippen LogP) is 2.62. The number of benzene rings is 1. The standard InChI is InChI=1S/C16H23NO3.ClH/c1-20-16(17,14-10-6-5-9-13(14)11-18)15(19)12-7-3-2-4-8-12;/h5-6,9-12,15,19H,2-4,7-8,17H2,1H3;1H/t15-,16-;/m0./s1. The summed E-state index contributed by atoms with van der Waals surface area (Å²) in [5, 5.41) is 10.7. The molecule has 0 saturated heterocycles. The van der Waals surface area contributed by atoms with Crippen LogP contribution in [0.4, 0.5) is 0 Å². The Morgan fingerprint density at radius 1 is 1.33 bits per heavy atom. The third kappa shape index (κ3) is 3.64. The first-order valence-corrected chi connectivity index (χ1v) is 7.20. The first kappa shape index (κ1) is 18.1.